The molecule has 1 unspecified atom stereocenters. The average Bonchev–Trinajstić information content (AvgIpc) is 2.56. The van der Waals surface area contributed by atoms with Gasteiger partial charge in [0.05, 0.1) is 10.6 Å². The maximum Gasteiger partial charge on any atom is 0.307 e. The molecule has 1 N–H and O–H groups in total. The highest BCUT2D eigenvalue weighted by atomic mass is 19.1. The predicted octanol–water partition coefficient (Wildman–Crippen LogP) is 2.65. The molecule has 1 aliphatic rings. The van der Waals surface area contributed by atoms with Crippen molar-refractivity contribution in [1.82, 2.24) is 0 Å². The van der Waals surface area contributed by atoms with Gasteiger partial charge in [-0.1, -0.05) is 12.1 Å². The standard InChI is InChI=1S/C15H10F2N2O5/c16-8-5-9(17)11(19(21)22)6-10(8)18-15(20)14-7-23-12-3-1-2-4-13(12)24-14/h1-6,14H,7H2,(H,18,20). The third-order valence-corrected chi connectivity index (χ3v) is 3.29. The van der Waals surface area contributed by atoms with E-state index in [-0.39, 0.29) is 6.61 Å². The number of nitro benzene ring substituents is 1. The number of halogens is 2. The molecule has 1 amide bonds. The van der Waals surface area contributed by atoms with E-state index in [0.29, 0.717) is 23.6 Å². The quantitative estimate of drug-likeness (QED) is 0.687. The van der Waals surface area contributed by atoms with E-state index in [4.69, 9.17) is 9.47 Å². The highest BCUT2D eigenvalue weighted by Gasteiger charge is 2.29. The summed E-state index contributed by atoms with van der Waals surface area (Å²) in [6.07, 6.45) is -1.08. The molecule has 0 fully saturated rings. The molecule has 24 heavy (non-hydrogen) atoms. The molecule has 0 bridgehead atoms. The monoisotopic (exact) mass is 336 g/mol. The van der Waals surface area contributed by atoms with E-state index in [1.807, 2.05) is 0 Å². The molecule has 0 saturated heterocycles. The Balaban J connectivity index is 1.79. The smallest absolute Gasteiger partial charge is 0.307 e. The van der Waals surface area contributed by atoms with Crippen molar-refractivity contribution in [2.24, 2.45) is 0 Å². The van der Waals surface area contributed by atoms with Gasteiger partial charge in [-0.15, -0.1) is 0 Å². The summed E-state index contributed by atoms with van der Waals surface area (Å²) in [6.45, 7) is -0.117. The van der Waals surface area contributed by atoms with Crippen LogP contribution in [0.5, 0.6) is 11.5 Å². The maximum atomic E-state index is 13.7. The van der Waals surface area contributed by atoms with Crippen LogP contribution in [0.3, 0.4) is 0 Å². The van der Waals surface area contributed by atoms with Gasteiger partial charge < -0.3 is 14.8 Å². The summed E-state index contributed by atoms with van der Waals surface area (Å²) in [6, 6.07) is 7.62. The van der Waals surface area contributed by atoms with Gasteiger partial charge in [0.2, 0.25) is 11.9 Å². The third kappa shape index (κ3) is 2.96. The highest BCUT2D eigenvalue weighted by Crippen LogP contribution is 2.31. The van der Waals surface area contributed by atoms with Gasteiger partial charge in [0.15, 0.2) is 11.5 Å². The fourth-order valence-corrected chi connectivity index (χ4v) is 2.14. The van der Waals surface area contributed by atoms with E-state index in [1.54, 1.807) is 24.3 Å². The Hall–Kier alpha value is -3.23. The first-order chi connectivity index (χ1) is 11.5. The zero-order valence-electron chi connectivity index (χ0n) is 12.0. The van der Waals surface area contributed by atoms with Crippen LogP contribution in [-0.2, 0) is 4.79 Å². The summed E-state index contributed by atoms with van der Waals surface area (Å²) in [5.41, 5.74) is -1.46. The molecule has 0 saturated carbocycles. The van der Waals surface area contributed by atoms with E-state index < -0.39 is 39.9 Å². The molecular formula is C15H10F2N2O5. The molecule has 9 heteroatoms. The van der Waals surface area contributed by atoms with Crippen molar-refractivity contribution in [1.29, 1.82) is 0 Å². The van der Waals surface area contributed by atoms with Crippen molar-refractivity contribution >= 4 is 17.3 Å². The van der Waals surface area contributed by atoms with Crippen LogP contribution in [0.2, 0.25) is 0 Å². The van der Waals surface area contributed by atoms with Crippen LogP contribution in [-0.4, -0.2) is 23.5 Å². The minimum absolute atomic E-state index is 0.117. The highest BCUT2D eigenvalue weighted by molar-refractivity contribution is 5.95. The van der Waals surface area contributed by atoms with E-state index in [0.717, 1.165) is 0 Å². The van der Waals surface area contributed by atoms with Crippen molar-refractivity contribution in [2.75, 3.05) is 11.9 Å². The zero-order chi connectivity index (χ0) is 17.3. The van der Waals surface area contributed by atoms with Crippen LogP contribution in [0.1, 0.15) is 0 Å². The first kappa shape index (κ1) is 15.7. The second-order valence-electron chi connectivity index (χ2n) is 4.89. The fraction of sp³-hybridized carbons (Fsp3) is 0.133. The largest absolute Gasteiger partial charge is 0.485 e. The number of para-hydroxylation sites is 2. The first-order valence-corrected chi connectivity index (χ1v) is 6.78. The Labute approximate surface area is 134 Å². The van der Waals surface area contributed by atoms with Crippen LogP contribution in [0.25, 0.3) is 0 Å². The number of carbonyl (C=O) groups excluding carboxylic acids is 1. The molecule has 3 rings (SSSR count). The maximum absolute atomic E-state index is 13.7. The van der Waals surface area contributed by atoms with E-state index >= 15 is 0 Å². The summed E-state index contributed by atoms with van der Waals surface area (Å²) in [5.74, 6) is -2.44. The van der Waals surface area contributed by atoms with E-state index in [9.17, 15) is 23.7 Å². The molecule has 0 aliphatic carbocycles. The summed E-state index contributed by atoms with van der Waals surface area (Å²) in [5, 5.41) is 12.8. The molecule has 0 radical (unpaired) electrons. The molecular weight excluding hydrogens is 326 g/mol. The molecule has 7 nitrogen and oxygen atoms in total. The topological polar surface area (TPSA) is 90.7 Å². The lowest BCUT2D eigenvalue weighted by Gasteiger charge is -2.25. The van der Waals surface area contributed by atoms with Gasteiger partial charge in [0.25, 0.3) is 5.91 Å². The van der Waals surface area contributed by atoms with Crippen LogP contribution in [0.4, 0.5) is 20.2 Å². The second-order valence-corrected chi connectivity index (χ2v) is 4.89. The van der Waals surface area contributed by atoms with Crippen molar-refractivity contribution in [3.8, 4) is 11.5 Å². The number of amides is 1. The lowest BCUT2D eigenvalue weighted by atomic mass is 10.2. The number of nitrogens with zero attached hydrogens (tertiary/aromatic N) is 1. The van der Waals surface area contributed by atoms with Crippen LogP contribution >= 0.6 is 0 Å². The summed E-state index contributed by atoms with van der Waals surface area (Å²) in [7, 11) is 0. The number of nitro groups is 1. The zero-order valence-corrected chi connectivity index (χ0v) is 12.0. The normalized spacial score (nSPS) is 15.7. The first-order valence-electron chi connectivity index (χ1n) is 6.78. The predicted molar refractivity (Wildman–Crippen MR) is 78.0 cm³/mol. The summed E-state index contributed by atoms with van der Waals surface area (Å²) in [4.78, 5) is 21.8. The van der Waals surface area contributed by atoms with Crippen LogP contribution in [0, 0.1) is 21.7 Å². The molecule has 124 valence electrons. The van der Waals surface area contributed by atoms with Crippen molar-refractivity contribution in [3.63, 3.8) is 0 Å². The van der Waals surface area contributed by atoms with Crippen LogP contribution < -0.4 is 14.8 Å². The van der Waals surface area contributed by atoms with Crippen molar-refractivity contribution < 1.29 is 28.0 Å². The Bertz CT molecular complexity index is 828. The number of benzene rings is 2. The number of rotatable bonds is 3. The molecule has 1 heterocycles. The van der Waals surface area contributed by atoms with E-state index in [2.05, 4.69) is 5.32 Å². The molecule has 0 aromatic heterocycles. The number of nitrogens with one attached hydrogen (secondary N) is 1. The van der Waals surface area contributed by atoms with Crippen molar-refractivity contribution in [3.05, 3.63) is 58.1 Å². The Kier molecular flexibility index (Phi) is 3.98. The van der Waals surface area contributed by atoms with Crippen LogP contribution in [0.15, 0.2) is 36.4 Å². The van der Waals surface area contributed by atoms with Gasteiger partial charge >= 0.3 is 5.69 Å². The number of anilines is 1. The molecule has 0 spiro atoms. The minimum atomic E-state index is -1.33. The number of carbonyl (C=O) groups is 1. The average molecular weight is 336 g/mol. The van der Waals surface area contributed by atoms with Gasteiger partial charge in [-0.25, -0.2) is 4.39 Å². The lowest BCUT2D eigenvalue weighted by Crippen LogP contribution is -2.40. The molecule has 1 aliphatic heterocycles. The Morgan fingerprint density at radius 1 is 1.21 bits per heavy atom. The van der Waals surface area contributed by atoms with E-state index in [1.165, 1.54) is 0 Å². The second kappa shape index (κ2) is 6.11. The minimum Gasteiger partial charge on any atom is -0.485 e. The molecule has 2 aromatic carbocycles. The van der Waals surface area contributed by atoms with Gasteiger partial charge in [-0.05, 0) is 12.1 Å². The van der Waals surface area contributed by atoms with Gasteiger partial charge in [0.1, 0.15) is 12.4 Å². The number of fused-ring (bicyclic) bond motifs is 1. The van der Waals surface area contributed by atoms with Crippen molar-refractivity contribution in [2.45, 2.75) is 6.10 Å². The van der Waals surface area contributed by atoms with Gasteiger partial charge in [-0.2, -0.15) is 4.39 Å². The Morgan fingerprint density at radius 3 is 2.62 bits per heavy atom. The SMILES string of the molecule is O=C(Nc1cc([N+](=O)[O-])c(F)cc1F)C1COc2ccccc2O1. The number of hydrogen-bond donors (Lipinski definition) is 1. The molecule has 1 atom stereocenters. The number of ether oxygens (including phenoxy) is 2. The fourth-order valence-electron chi connectivity index (χ4n) is 2.14. The Morgan fingerprint density at radius 2 is 1.92 bits per heavy atom. The number of hydrogen-bond acceptors (Lipinski definition) is 5. The van der Waals surface area contributed by atoms with Gasteiger partial charge in [0, 0.05) is 12.1 Å². The third-order valence-electron chi connectivity index (χ3n) is 3.29. The summed E-state index contributed by atoms with van der Waals surface area (Å²) < 4.78 is 37.8. The van der Waals surface area contributed by atoms with Gasteiger partial charge in [-0.3, -0.25) is 14.9 Å². The summed E-state index contributed by atoms with van der Waals surface area (Å²) >= 11 is 0. The lowest BCUT2D eigenvalue weighted by molar-refractivity contribution is -0.387. The molecule has 2 aromatic rings.